The van der Waals surface area contributed by atoms with Gasteiger partial charge >= 0.3 is 0 Å². The zero-order valence-electron chi connectivity index (χ0n) is 20.5. The molecule has 146 valence electrons. The van der Waals surface area contributed by atoms with E-state index in [1.807, 2.05) is 0 Å². The van der Waals surface area contributed by atoms with Crippen LogP contribution in [0, 0.1) is 11.8 Å². The quantitative estimate of drug-likeness (QED) is 0.121. The van der Waals surface area contributed by atoms with Crippen LogP contribution >= 0.6 is 0 Å². The van der Waals surface area contributed by atoms with Gasteiger partial charge < -0.3 is 0 Å². The van der Waals surface area contributed by atoms with Crippen molar-refractivity contribution < 1.29 is 68.2 Å². The Bertz CT molecular complexity index is 272. The first-order chi connectivity index (χ1) is 12.6. The minimum absolute atomic E-state index is 0. The summed E-state index contributed by atoms with van der Waals surface area (Å²) in [4.78, 5) is 0. The Labute approximate surface area is 222 Å². The zero-order valence-corrected chi connectivity index (χ0v) is 24.2. The van der Waals surface area contributed by atoms with Crippen molar-refractivity contribution in [3.63, 3.8) is 0 Å². The molecule has 26 heavy (non-hydrogen) atoms. The summed E-state index contributed by atoms with van der Waals surface area (Å²) in [6, 6.07) is 0. The molecule has 0 nitrogen and oxygen atoms in total. The van der Waals surface area contributed by atoms with Crippen LogP contribution in [0.4, 0.5) is 0 Å². The second kappa shape index (κ2) is 27.3. The maximum absolute atomic E-state index is 8.27. The molecule has 0 fully saturated rings. The monoisotopic (exact) mass is 512 g/mol. The van der Waals surface area contributed by atoms with E-state index in [4.69, 9.17) is 2.74 Å². The van der Waals surface area contributed by atoms with E-state index >= 15 is 0 Å². The first-order valence-electron chi connectivity index (χ1n) is 12.1. The molecule has 4 heteroatoms. The van der Waals surface area contributed by atoms with E-state index in [0.717, 1.165) is 50.2 Å². The van der Waals surface area contributed by atoms with Crippen molar-refractivity contribution in [2.45, 2.75) is 130 Å². The van der Waals surface area contributed by atoms with E-state index in [0.29, 0.717) is 0 Å². The normalized spacial score (nSPS) is 16.2. The minimum atomic E-state index is 0. The van der Waals surface area contributed by atoms with Crippen LogP contribution in [-0.4, -0.2) is 14.6 Å². The molecule has 4 radical (unpaired) electrons. The van der Waals surface area contributed by atoms with Gasteiger partial charge in [-0.05, 0) is 11.8 Å². The summed E-state index contributed by atoms with van der Waals surface area (Å²) in [6.45, 7) is 8.82. The fourth-order valence-electron chi connectivity index (χ4n) is 3.48. The molecule has 4 atom stereocenters. The molecule has 0 aromatic rings. The molecular formula is C22H46B2Y2. The number of unbranched alkanes of at least 4 members (excludes halogenated alkanes) is 1. The number of hydrogen-bond donors (Lipinski definition) is 0. The molecule has 0 heterocycles. The molecule has 0 amide bonds. The van der Waals surface area contributed by atoms with Gasteiger partial charge in [-0.3, -0.25) is 0 Å². The zero-order chi connectivity index (χ0) is 19.6. The molecule has 0 aromatic carbocycles. The second-order valence-corrected chi connectivity index (χ2v) is 7.56. The molecule has 0 N–H and O–H groups in total. The van der Waals surface area contributed by atoms with E-state index in [1.54, 1.807) is 0 Å². The van der Waals surface area contributed by atoms with Crippen LogP contribution < -0.4 is 0 Å². The average molecular weight is 512 g/mol. The topological polar surface area (TPSA) is 0 Å². The molecule has 0 saturated carbocycles. The van der Waals surface area contributed by atoms with Crippen LogP contribution in [0.15, 0.2) is 0 Å². The second-order valence-electron chi connectivity index (χ2n) is 7.56. The van der Waals surface area contributed by atoms with Gasteiger partial charge in [0.2, 0.25) is 0 Å². The Hall–Kier alpha value is 2.34. The Morgan fingerprint density at radius 1 is 0.615 bits per heavy atom. The molecule has 0 spiro atoms. The van der Waals surface area contributed by atoms with Crippen LogP contribution in [0.1, 0.15) is 106 Å². The smallest absolute Gasteiger partial charge is 0.0920 e. The summed E-state index contributed by atoms with van der Waals surface area (Å²) in [5.74, 6) is 1.50. The fourth-order valence-corrected chi connectivity index (χ4v) is 3.48. The molecule has 0 aliphatic heterocycles. The van der Waals surface area contributed by atoms with E-state index in [9.17, 15) is 0 Å². The van der Waals surface area contributed by atoms with E-state index < -0.39 is 0 Å². The van der Waals surface area contributed by atoms with Gasteiger partial charge in [-0.1, -0.05) is 130 Å². The van der Waals surface area contributed by atoms with Crippen LogP contribution in [0.25, 0.3) is 0 Å². The molecular weight excluding hydrogens is 464 g/mol. The SMILES string of the molecule is [2H]C(CCC[B]C)CC(CC)CCCCC(CC)CC([2H])CCC[B]C.[Y].[Y]. The van der Waals surface area contributed by atoms with Crippen LogP contribution in [0.5, 0.6) is 0 Å². The summed E-state index contributed by atoms with van der Waals surface area (Å²) in [7, 11) is 4.44. The van der Waals surface area contributed by atoms with Crippen molar-refractivity contribution in [1.29, 1.82) is 0 Å². The van der Waals surface area contributed by atoms with E-state index in [2.05, 4.69) is 42.1 Å². The molecule has 0 aliphatic carbocycles. The van der Waals surface area contributed by atoms with Gasteiger partial charge in [0, 0.05) is 68.2 Å². The van der Waals surface area contributed by atoms with Crippen LogP contribution in [0.2, 0.25) is 26.3 Å². The Balaban J connectivity index is -0.00000312. The summed E-state index contributed by atoms with van der Waals surface area (Å²) in [6.07, 6.45) is 17.0. The first-order valence-corrected chi connectivity index (χ1v) is 11.0. The third-order valence-electron chi connectivity index (χ3n) is 5.43. The predicted molar refractivity (Wildman–Crippen MR) is 116 cm³/mol. The van der Waals surface area contributed by atoms with E-state index in [-0.39, 0.29) is 78.2 Å². The Morgan fingerprint density at radius 2 is 1.00 bits per heavy atom. The Morgan fingerprint density at radius 3 is 1.31 bits per heavy atom. The fraction of sp³-hybridized carbons (Fsp3) is 1.00. The van der Waals surface area contributed by atoms with E-state index in [1.165, 1.54) is 51.4 Å². The third-order valence-corrected chi connectivity index (χ3v) is 5.43. The van der Waals surface area contributed by atoms with Crippen molar-refractivity contribution in [2.75, 3.05) is 0 Å². The number of hydrogen-bond acceptors (Lipinski definition) is 0. The average Bonchev–Trinajstić information content (AvgIpc) is 2.63. The summed E-state index contributed by atoms with van der Waals surface area (Å²) in [5, 5.41) is 0. The van der Waals surface area contributed by atoms with Crippen molar-refractivity contribution in [2.24, 2.45) is 11.8 Å². The largest absolute Gasteiger partial charge is 0.105 e. The maximum atomic E-state index is 8.27. The summed E-state index contributed by atoms with van der Waals surface area (Å²) < 4.78 is 16.5. The molecule has 4 unspecified atom stereocenters. The predicted octanol–water partition coefficient (Wildman–Crippen LogP) is 8.06. The van der Waals surface area contributed by atoms with Gasteiger partial charge in [0.05, 0.1) is 0 Å². The van der Waals surface area contributed by atoms with Crippen molar-refractivity contribution in [3.05, 3.63) is 0 Å². The van der Waals surface area contributed by atoms with Crippen LogP contribution in [0.3, 0.4) is 0 Å². The minimum Gasteiger partial charge on any atom is -0.0920 e. The molecule has 0 bridgehead atoms. The van der Waals surface area contributed by atoms with Gasteiger partial charge in [-0.25, -0.2) is 0 Å². The van der Waals surface area contributed by atoms with Gasteiger partial charge in [0.1, 0.15) is 14.6 Å². The van der Waals surface area contributed by atoms with Gasteiger partial charge in [-0.2, -0.15) is 0 Å². The summed E-state index contributed by atoms with van der Waals surface area (Å²) >= 11 is 0. The van der Waals surface area contributed by atoms with Crippen molar-refractivity contribution in [1.82, 2.24) is 0 Å². The third kappa shape index (κ3) is 22.6. The maximum Gasteiger partial charge on any atom is 0.105 e. The Kier molecular flexibility index (Phi) is 29.8. The molecule has 0 saturated heterocycles. The molecule has 0 aliphatic rings. The molecule has 0 aromatic heterocycles. The van der Waals surface area contributed by atoms with Crippen molar-refractivity contribution in [3.8, 4) is 0 Å². The van der Waals surface area contributed by atoms with Crippen molar-refractivity contribution >= 4 is 14.6 Å². The first kappa shape index (κ1) is 28.3. The van der Waals surface area contributed by atoms with Gasteiger partial charge in [0.25, 0.3) is 0 Å². The standard InChI is InChI=1S/C22H46B2.2Y/c1-5-21(15-9-7-13-19-23-3)17-11-12-18-22(6-2)16-10-8-14-20-24-4;;/h21-22H,5-20H2,1-4H3;;/i9D,10D;;. The van der Waals surface area contributed by atoms with Crippen LogP contribution in [-0.2, 0) is 65.4 Å². The van der Waals surface area contributed by atoms with Gasteiger partial charge in [-0.15, -0.1) is 0 Å². The van der Waals surface area contributed by atoms with Gasteiger partial charge in [0.15, 0.2) is 0 Å². The molecule has 0 rings (SSSR count). The summed E-state index contributed by atoms with van der Waals surface area (Å²) in [5.41, 5.74) is 0. The number of rotatable bonds is 19.